The molecule has 0 fully saturated rings. The Morgan fingerprint density at radius 3 is 2.47 bits per heavy atom. The molecule has 1 N–H and O–H groups in total. The highest BCUT2D eigenvalue weighted by atomic mass is 16.1. The Balaban J connectivity index is 2.75. The standard InChI is InChI=1S/C17H23NO/c1-6-8-12(2)11-15(5)18-17(19)16-13(3)9-7-10-14(16)4/h6-10,15H,1,11H2,2-5H3,(H,18,19)/b12-8+. The zero-order chi connectivity index (χ0) is 14.4. The quantitative estimate of drug-likeness (QED) is 0.795. The Hall–Kier alpha value is -1.83. The number of aryl methyl sites for hydroxylation is 2. The van der Waals surface area contributed by atoms with Crippen LogP contribution in [0.3, 0.4) is 0 Å². The van der Waals surface area contributed by atoms with Crippen LogP contribution in [0.25, 0.3) is 0 Å². The summed E-state index contributed by atoms with van der Waals surface area (Å²) in [6.45, 7) is 11.7. The van der Waals surface area contributed by atoms with E-state index in [-0.39, 0.29) is 11.9 Å². The number of carbonyl (C=O) groups is 1. The first-order valence-corrected chi connectivity index (χ1v) is 6.61. The van der Waals surface area contributed by atoms with Gasteiger partial charge in [-0.2, -0.15) is 0 Å². The van der Waals surface area contributed by atoms with Crippen molar-refractivity contribution in [2.75, 3.05) is 0 Å². The van der Waals surface area contributed by atoms with E-state index >= 15 is 0 Å². The fourth-order valence-electron chi connectivity index (χ4n) is 2.27. The van der Waals surface area contributed by atoms with Gasteiger partial charge in [-0.1, -0.05) is 42.5 Å². The van der Waals surface area contributed by atoms with Crippen molar-refractivity contribution in [2.24, 2.45) is 0 Å². The van der Waals surface area contributed by atoms with Crippen molar-refractivity contribution in [2.45, 2.75) is 40.2 Å². The van der Waals surface area contributed by atoms with Crippen LogP contribution in [0.1, 0.15) is 41.8 Å². The molecule has 102 valence electrons. The Morgan fingerprint density at radius 1 is 1.37 bits per heavy atom. The molecule has 1 aromatic rings. The maximum atomic E-state index is 12.3. The highest BCUT2D eigenvalue weighted by Gasteiger charge is 2.14. The highest BCUT2D eigenvalue weighted by molar-refractivity contribution is 5.97. The SMILES string of the molecule is C=C/C=C(\C)CC(C)NC(=O)c1c(C)cccc1C. The van der Waals surface area contributed by atoms with Crippen LogP contribution in [0.15, 0.2) is 42.5 Å². The largest absolute Gasteiger partial charge is 0.349 e. The van der Waals surface area contributed by atoms with E-state index in [1.165, 1.54) is 5.57 Å². The molecule has 1 amide bonds. The molecule has 2 heteroatoms. The molecule has 0 aliphatic carbocycles. The predicted octanol–water partition coefficient (Wildman–Crippen LogP) is 3.94. The lowest BCUT2D eigenvalue weighted by atomic mass is 10.0. The molecule has 0 aliphatic heterocycles. The van der Waals surface area contributed by atoms with Gasteiger partial charge in [-0.25, -0.2) is 0 Å². The molecule has 2 nitrogen and oxygen atoms in total. The van der Waals surface area contributed by atoms with E-state index in [4.69, 9.17) is 0 Å². The van der Waals surface area contributed by atoms with Gasteiger partial charge in [0.05, 0.1) is 0 Å². The van der Waals surface area contributed by atoms with Crippen LogP contribution in [-0.2, 0) is 0 Å². The summed E-state index contributed by atoms with van der Waals surface area (Å²) in [5.74, 6) is 0.00880. The van der Waals surface area contributed by atoms with Gasteiger partial charge in [0.15, 0.2) is 0 Å². The summed E-state index contributed by atoms with van der Waals surface area (Å²) in [5.41, 5.74) is 4.04. The van der Waals surface area contributed by atoms with E-state index in [2.05, 4.69) is 11.9 Å². The molecule has 0 heterocycles. The van der Waals surface area contributed by atoms with Crippen LogP contribution >= 0.6 is 0 Å². The van der Waals surface area contributed by atoms with Gasteiger partial charge >= 0.3 is 0 Å². The predicted molar refractivity (Wildman–Crippen MR) is 81.4 cm³/mol. The zero-order valence-corrected chi connectivity index (χ0v) is 12.3. The van der Waals surface area contributed by atoms with Crippen LogP contribution in [0.4, 0.5) is 0 Å². The maximum Gasteiger partial charge on any atom is 0.252 e. The van der Waals surface area contributed by atoms with Crippen LogP contribution < -0.4 is 5.32 Å². The number of hydrogen-bond acceptors (Lipinski definition) is 1. The molecular weight excluding hydrogens is 234 g/mol. The average Bonchev–Trinajstić information content (AvgIpc) is 2.28. The van der Waals surface area contributed by atoms with Crippen molar-refractivity contribution in [3.8, 4) is 0 Å². The van der Waals surface area contributed by atoms with Gasteiger partial charge in [0.25, 0.3) is 5.91 Å². The van der Waals surface area contributed by atoms with Crippen molar-refractivity contribution >= 4 is 5.91 Å². The number of rotatable bonds is 5. The van der Waals surface area contributed by atoms with E-state index in [0.29, 0.717) is 0 Å². The smallest absolute Gasteiger partial charge is 0.252 e. The fourth-order valence-corrected chi connectivity index (χ4v) is 2.27. The second-order valence-electron chi connectivity index (χ2n) is 5.09. The second-order valence-corrected chi connectivity index (χ2v) is 5.09. The van der Waals surface area contributed by atoms with Crippen molar-refractivity contribution in [3.05, 3.63) is 59.2 Å². The van der Waals surface area contributed by atoms with Crippen LogP contribution in [0.5, 0.6) is 0 Å². The molecule has 1 atom stereocenters. The van der Waals surface area contributed by atoms with E-state index in [1.54, 1.807) is 6.08 Å². The van der Waals surface area contributed by atoms with E-state index in [1.807, 2.05) is 52.0 Å². The first-order valence-electron chi connectivity index (χ1n) is 6.61. The summed E-state index contributed by atoms with van der Waals surface area (Å²) < 4.78 is 0. The molecule has 19 heavy (non-hydrogen) atoms. The number of nitrogens with one attached hydrogen (secondary N) is 1. The third kappa shape index (κ3) is 4.40. The minimum atomic E-state index is 0.00880. The minimum Gasteiger partial charge on any atom is -0.349 e. The normalized spacial score (nSPS) is 12.9. The Kier molecular flexibility index (Phi) is 5.56. The molecule has 1 unspecified atom stereocenters. The number of benzene rings is 1. The summed E-state index contributed by atoms with van der Waals surface area (Å²) in [6, 6.07) is 6.02. The first kappa shape index (κ1) is 15.2. The van der Waals surface area contributed by atoms with E-state index in [9.17, 15) is 4.79 Å². The van der Waals surface area contributed by atoms with Gasteiger partial charge in [-0.15, -0.1) is 0 Å². The lowest BCUT2D eigenvalue weighted by Crippen LogP contribution is -2.33. The molecule has 1 aromatic carbocycles. The molecular formula is C17H23NO. The number of amides is 1. The van der Waals surface area contributed by atoms with Gasteiger partial charge in [-0.05, 0) is 45.2 Å². The van der Waals surface area contributed by atoms with E-state index < -0.39 is 0 Å². The Labute approximate surface area is 116 Å². The third-order valence-electron chi connectivity index (χ3n) is 3.12. The highest BCUT2D eigenvalue weighted by Crippen LogP contribution is 2.14. The van der Waals surface area contributed by atoms with Gasteiger partial charge in [0, 0.05) is 11.6 Å². The van der Waals surface area contributed by atoms with Crippen LogP contribution in [-0.4, -0.2) is 11.9 Å². The monoisotopic (exact) mass is 257 g/mol. The summed E-state index contributed by atoms with van der Waals surface area (Å²) in [7, 11) is 0. The van der Waals surface area contributed by atoms with Crippen LogP contribution in [0.2, 0.25) is 0 Å². The number of allylic oxidation sites excluding steroid dienone is 2. The van der Waals surface area contributed by atoms with Crippen molar-refractivity contribution in [1.82, 2.24) is 5.32 Å². The molecule has 0 saturated heterocycles. The molecule has 0 spiro atoms. The summed E-state index contributed by atoms with van der Waals surface area (Å²) in [5, 5.41) is 3.05. The Bertz CT molecular complexity index is 480. The summed E-state index contributed by atoms with van der Waals surface area (Å²) >= 11 is 0. The maximum absolute atomic E-state index is 12.3. The first-order chi connectivity index (χ1) is 8.95. The van der Waals surface area contributed by atoms with E-state index in [0.717, 1.165) is 23.1 Å². The van der Waals surface area contributed by atoms with Gasteiger partial charge in [0.2, 0.25) is 0 Å². The summed E-state index contributed by atoms with van der Waals surface area (Å²) in [6.07, 6.45) is 4.58. The van der Waals surface area contributed by atoms with Gasteiger partial charge in [0.1, 0.15) is 0 Å². The molecule has 0 aliphatic rings. The van der Waals surface area contributed by atoms with Gasteiger partial charge in [-0.3, -0.25) is 4.79 Å². The lowest BCUT2D eigenvalue weighted by Gasteiger charge is -2.16. The zero-order valence-electron chi connectivity index (χ0n) is 12.3. The average molecular weight is 257 g/mol. The lowest BCUT2D eigenvalue weighted by molar-refractivity contribution is 0.0939. The second kappa shape index (κ2) is 6.93. The molecule has 0 aromatic heterocycles. The van der Waals surface area contributed by atoms with Crippen molar-refractivity contribution < 1.29 is 4.79 Å². The van der Waals surface area contributed by atoms with Crippen molar-refractivity contribution in [1.29, 1.82) is 0 Å². The topological polar surface area (TPSA) is 29.1 Å². The number of hydrogen-bond donors (Lipinski definition) is 1. The van der Waals surface area contributed by atoms with Gasteiger partial charge < -0.3 is 5.32 Å². The van der Waals surface area contributed by atoms with Crippen molar-refractivity contribution in [3.63, 3.8) is 0 Å². The molecule has 0 radical (unpaired) electrons. The molecule has 1 rings (SSSR count). The number of carbonyl (C=O) groups excluding carboxylic acids is 1. The molecule has 0 saturated carbocycles. The molecule has 0 bridgehead atoms. The van der Waals surface area contributed by atoms with Crippen LogP contribution in [0, 0.1) is 13.8 Å². The minimum absolute atomic E-state index is 0.00880. The summed E-state index contributed by atoms with van der Waals surface area (Å²) in [4.78, 5) is 12.3. The fraction of sp³-hybridized carbons (Fsp3) is 0.353. The third-order valence-corrected chi connectivity index (χ3v) is 3.12. The Morgan fingerprint density at radius 2 is 1.95 bits per heavy atom.